The Hall–Kier alpha value is -0.890. The molecule has 0 saturated heterocycles. The molecule has 8 heteroatoms. The molecular weight excluding hydrogens is 306 g/mol. The van der Waals surface area contributed by atoms with Crippen molar-refractivity contribution in [2.45, 2.75) is 33.1 Å². The van der Waals surface area contributed by atoms with Crippen LogP contribution in [0.5, 0.6) is 0 Å². The molecule has 0 radical (unpaired) electrons. The molecule has 1 aromatic rings. The van der Waals surface area contributed by atoms with Crippen molar-refractivity contribution in [1.82, 2.24) is 0 Å². The molecule has 1 rings (SSSR count). The van der Waals surface area contributed by atoms with Gasteiger partial charge in [0.25, 0.3) is 0 Å². The zero-order valence-corrected chi connectivity index (χ0v) is 12.2. The lowest BCUT2D eigenvalue weighted by Crippen LogP contribution is -2.15. The van der Waals surface area contributed by atoms with Crippen LogP contribution in [0.2, 0.25) is 0 Å². The first-order chi connectivity index (χ1) is 8.77. The summed E-state index contributed by atoms with van der Waals surface area (Å²) in [6.45, 7) is 4.32. The molecular formula is C12H18F6OS. The minimum absolute atomic E-state index is 0.285. The van der Waals surface area contributed by atoms with Gasteiger partial charge in [-0.3, -0.25) is 0 Å². The van der Waals surface area contributed by atoms with Crippen LogP contribution in [0.15, 0.2) is 24.3 Å². The summed E-state index contributed by atoms with van der Waals surface area (Å²) in [7, 11) is -9.83. The van der Waals surface area contributed by atoms with E-state index in [1.807, 2.05) is 0 Å². The van der Waals surface area contributed by atoms with Gasteiger partial charge in [0.05, 0.1) is 6.61 Å². The van der Waals surface area contributed by atoms with E-state index in [0.29, 0.717) is 0 Å². The fraction of sp³-hybridized carbons (Fsp3) is 0.500. The van der Waals surface area contributed by atoms with E-state index in [1.165, 1.54) is 25.5 Å². The third kappa shape index (κ3) is 9.96. The summed E-state index contributed by atoms with van der Waals surface area (Å²) in [6.07, 6.45) is 1.25. The van der Waals surface area contributed by atoms with E-state index in [1.54, 1.807) is 0 Å². The highest BCUT2D eigenvalue weighted by atomic mass is 32.5. The molecule has 0 aliphatic heterocycles. The van der Waals surface area contributed by atoms with Gasteiger partial charge in [-0.1, -0.05) is 58.8 Å². The fourth-order valence-corrected chi connectivity index (χ4v) is 1.58. The predicted molar refractivity (Wildman–Crippen MR) is 69.9 cm³/mol. The van der Waals surface area contributed by atoms with Crippen molar-refractivity contribution in [1.29, 1.82) is 0 Å². The largest absolute Gasteiger partial charge is 0.397 e. The van der Waals surface area contributed by atoms with Crippen molar-refractivity contribution in [2.24, 2.45) is 0 Å². The van der Waals surface area contributed by atoms with Crippen molar-refractivity contribution >= 4 is 10.5 Å². The number of hydrogen-bond donors (Lipinski definition) is 0. The summed E-state index contributed by atoms with van der Waals surface area (Å²) >= 11 is 0. The van der Waals surface area contributed by atoms with Gasteiger partial charge in [0.1, 0.15) is 5.82 Å². The third-order valence-electron chi connectivity index (χ3n) is 1.98. The molecule has 0 aliphatic carbocycles. The molecule has 0 fully saturated rings. The van der Waals surface area contributed by atoms with Crippen molar-refractivity contribution < 1.29 is 28.0 Å². The van der Waals surface area contributed by atoms with E-state index in [0.717, 1.165) is 12.1 Å². The summed E-state index contributed by atoms with van der Waals surface area (Å²) in [5.74, 6) is -1.48. The SMILES string of the molecule is CC(COS(F)(F)(F)(F)F)c1ccc(F)cc1.CCC. The van der Waals surface area contributed by atoms with E-state index in [9.17, 15) is 23.8 Å². The van der Waals surface area contributed by atoms with E-state index < -0.39 is 28.8 Å². The highest BCUT2D eigenvalue weighted by Gasteiger charge is 2.65. The summed E-state index contributed by atoms with van der Waals surface area (Å²) < 4.78 is 74.7. The standard InChI is InChI=1S/C9H10F6OS.C3H8/c1-7(6-16-17(11,12,13,14)15)8-2-4-9(10)5-3-8;1-3-2/h2-5,7H,6H2,1H3;3H2,1-2H3. The second kappa shape index (κ2) is 5.85. The Labute approximate surface area is 114 Å². The lowest BCUT2D eigenvalue weighted by Gasteiger charge is -2.39. The lowest BCUT2D eigenvalue weighted by atomic mass is 10.0. The maximum absolute atomic E-state index is 12.5. The predicted octanol–water partition coefficient (Wildman–Crippen LogP) is 6.58. The minimum Gasteiger partial charge on any atom is -0.239 e. The van der Waals surface area contributed by atoms with E-state index in [2.05, 4.69) is 18.0 Å². The van der Waals surface area contributed by atoms with Crippen LogP contribution in [-0.4, -0.2) is 6.61 Å². The van der Waals surface area contributed by atoms with Gasteiger partial charge in [-0.25, -0.2) is 8.57 Å². The summed E-state index contributed by atoms with van der Waals surface area (Å²) in [6, 6.07) is 4.50. The Balaban J connectivity index is 0.00000110. The molecule has 1 unspecified atom stereocenters. The topological polar surface area (TPSA) is 9.23 Å². The summed E-state index contributed by atoms with van der Waals surface area (Å²) in [5.41, 5.74) is 0.285. The molecule has 0 saturated carbocycles. The average molecular weight is 324 g/mol. The molecule has 20 heavy (non-hydrogen) atoms. The molecule has 0 aromatic heterocycles. The van der Waals surface area contributed by atoms with Gasteiger partial charge in [-0.2, -0.15) is 0 Å². The van der Waals surface area contributed by atoms with Crippen molar-refractivity contribution in [3.05, 3.63) is 35.6 Å². The minimum atomic E-state index is -9.83. The maximum Gasteiger partial charge on any atom is 0.397 e. The fourth-order valence-electron chi connectivity index (χ4n) is 1.12. The van der Waals surface area contributed by atoms with Crippen LogP contribution >= 0.6 is 10.5 Å². The number of rotatable bonds is 4. The number of halogens is 6. The maximum atomic E-state index is 12.5. The highest BCUT2D eigenvalue weighted by Crippen LogP contribution is 2.98. The van der Waals surface area contributed by atoms with Crippen LogP contribution in [0.4, 0.5) is 23.8 Å². The van der Waals surface area contributed by atoms with E-state index in [4.69, 9.17) is 0 Å². The van der Waals surface area contributed by atoms with E-state index in [-0.39, 0.29) is 5.56 Å². The molecule has 1 atom stereocenters. The van der Waals surface area contributed by atoms with Gasteiger partial charge in [0.2, 0.25) is 0 Å². The van der Waals surface area contributed by atoms with Crippen molar-refractivity contribution in [2.75, 3.05) is 6.61 Å². The second-order valence-corrected chi connectivity index (χ2v) is 6.37. The van der Waals surface area contributed by atoms with Crippen molar-refractivity contribution in [3.8, 4) is 0 Å². The molecule has 0 N–H and O–H groups in total. The van der Waals surface area contributed by atoms with Crippen LogP contribution in [0, 0.1) is 5.82 Å². The highest BCUT2D eigenvalue weighted by molar-refractivity contribution is 8.42. The van der Waals surface area contributed by atoms with Gasteiger partial charge in [-0.15, -0.1) is 0 Å². The average Bonchev–Trinajstić information content (AvgIpc) is 2.25. The monoisotopic (exact) mass is 324 g/mol. The van der Waals surface area contributed by atoms with Crippen molar-refractivity contribution in [3.63, 3.8) is 0 Å². The normalized spacial score (nSPS) is 16.4. The molecule has 0 amide bonds. The van der Waals surface area contributed by atoms with Crippen LogP contribution < -0.4 is 0 Å². The van der Waals surface area contributed by atoms with E-state index >= 15 is 0 Å². The first-order valence-electron chi connectivity index (χ1n) is 5.93. The third-order valence-corrected chi connectivity index (χ3v) is 2.56. The molecule has 1 nitrogen and oxygen atoms in total. The van der Waals surface area contributed by atoms with Gasteiger partial charge in [0, 0.05) is 5.92 Å². The molecule has 1 aromatic carbocycles. The Morgan fingerprint density at radius 3 is 1.75 bits per heavy atom. The summed E-state index contributed by atoms with van der Waals surface area (Å²) in [4.78, 5) is 0. The number of hydrogen-bond acceptors (Lipinski definition) is 1. The Morgan fingerprint density at radius 2 is 1.40 bits per heavy atom. The molecule has 120 valence electrons. The Bertz CT molecular complexity index is 413. The lowest BCUT2D eigenvalue weighted by molar-refractivity contribution is 0.147. The first kappa shape index (κ1) is 19.1. The van der Waals surface area contributed by atoms with Crippen LogP contribution in [0.3, 0.4) is 0 Å². The molecule has 0 bridgehead atoms. The molecule has 0 heterocycles. The molecule has 0 aliphatic rings. The number of benzene rings is 1. The van der Waals surface area contributed by atoms with Gasteiger partial charge in [0.15, 0.2) is 0 Å². The smallest absolute Gasteiger partial charge is 0.239 e. The van der Waals surface area contributed by atoms with Gasteiger partial charge < -0.3 is 0 Å². The zero-order valence-electron chi connectivity index (χ0n) is 11.4. The van der Waals surface area contributed by atoms with Gasteiger partial charge >= 0.3 is 10.5 Å². The van der Waals surface area contributed by atoms with Gasteiger partial charge in [-0.05, 0) is 17.7 Å². The first-order valence-corrected chi connectivity index (χ1v) is 7.80. The zero-order chi connectivity index (χ0) is 16.1. The summed E-state index contributed by atoms with van der Waals surface area (Å²) in [5, 5.41) is 0. The Kier molecular flexibility index (Phi) is 5.59. The van der Waals surface area contributed by atoms with Crippen LogP contribution in [0.1, 0.15) is 38.7 Å². The molecule has 0 spiro atoms. The quantitative estimate of drug-likeness (QED) is 0.569. The second-order valence-electron chi connectivity index (χ2n) is 4.34. The van der Waals surface area contributed by atoms with Crippen LogP contribution in [0.25, 0.3) is 0 Å². The van der Waals surface area contributed by atoms with Crippen LogP contribution in [-0.2, 0) is 4.18 Å². The Morgan fingerprint density at radius 1 is 1.00 bits per heavy atom.